The molecule has 0 aliphatic rings. The number of halogens is 3. The third-order valence-corrected chi connectivity index (χ3v) is 2.79. The van der Waals surface area contributed by atoms with E-state index in [1.165, 1.54) is 12.3 Å². The first-order valence-electron chi connectivity index (χ1n) is 5.92. The van der Waals surface area contributed by atoms with Crippen LogP contribution in [0.5, 0.6) is 0 Å². The van der Waals surface area contributed by atoms with Crippen LogP contribution < -0.4 is 5.32 Å². The van der Waals surface area contributed by atoms with Crippen molar-refractivity contribution in [3.05, 3.63) is 48.0 Å². The van der Waals surface area contributed by atoms with Crippen molar-refractivity contribution in [1.29, 1.82) is 0 Å². The second-order valence-electron chi connectivity index (χ2n) is 4.07. The summed E-state index contributed by atoms with van der Waals surface area (Å²) in [5, 5.41) is 3.05. The van der Waals surface area contributed by atoms with Crippen molar-refractivity contribution in [1.82, 2.24) is 9.55 Å². The first-order chi connectivity index (χ1) is 9.00. The van der Waals surface area contributed by atoms with E-state index in [2.05, 4.69) is 14.9 Å². The molecule has 0 fully saturated rings. The first-order valence-corrected chi connectivity index (χ1v) is 5.92. The highest BCUT2D eigenvalue weighted by atomic mass is 19.4. The first kappa shape index (κ1) is 13.5. The Kier molecular flexibility index (Phi) is 3.78. The molecule has 0 atom stereocenters. The second-order valence-corrected chi connectivity index (χ2v) is 4.07. The molecule has 102 valence electrons. The van der Waals surface area contributed by atoms with E-state index in [0.29, 0.717) is 12.2 Å². The lowest BCUT2D eigenvalue weighted by atomic mass is 10.3. The largest absolute Gasteiger partial charge is 0.433 e. The maximum absolute atomic E-state index is 12.3. The molecule has 0 aliphatic heterocycles. The Balaban J connectivity index is 2.01. The fourth-order valence-corrected chi connectivity index (χ4v) is 1.78. The van der Waals surface area contributed by atoms with Gasteiger partial charge in [-0.3, -0.25) is 0 Å². The highest BCUT2D eigenvalue weighted by Crippen LogP contribution is 2.27. The Hall–Kier alpha value is -1.98. The van der Waals surface area contributed by atoms with Gasteiger partial charge in [0.05, 0.1) is 18.4 Å². The summed E-state index contributed by atoms with van der Waals surface area (Å²) in [4.78, 5) is 3.40. The Morgan fingerprint density at radius 3 is 2.63 bits per heavy atom. The molecule has 19 heavy (non-hydrogen) atoms. The normalized spacial score (nSPS) is 11.6. The number of alkyl halides is 3. The van der Waals surface area contributed by atoms with Crippen molar-refractivity contribution < 1.29 is 13.2 Å². The van der Waals surface area contributed by atoms with Crippen LogP contribution in [-0.4, -0.2) is 9.55 Å². The molecule has 6 heteroatoms. The molecule has 0 saturated carbocycles. The van der Waals surface area contributed by atoms with Gasteiger partial charge in [0.1, 0.15) is 5.69 Å². The van der Waals surface area contributed by atoms with Crippen molar-refractivity contribution >= 4 is 5.69 Å². The summed E-state index contributed by atoms with van der Waals surface area (Å²) in [5.41, 5.74) is 0.759. The van der Waals surface area contributed by atoms with Crippen LogP contribution in [0.1, 0.15) is 18.3 Å². The smallest absolute Gasteiger partial charge is 0.378 e. The van der Waals surface area contributed by atoms with E-state index in [0.717, 1.165) is 18.3 Å². The minimum absolute atomic E-state index is 0.549. The predicted molar refractivity (Wildman–Crippen MR) is 66.7 cm³/mol. The lowest BCUT2D eigenvalue weighted by molar-refractivity contribution is -0.141. The number of hydrogen-bond acceptors (Lipinski definition) is 2. The molecule has 0 spiro atoms. The van der Waals surface area contributed by atoms with E-state index >= 15 is 0 Å². The van der Waals surface area contributed by atoms with Gasteiger partial charge in [0.25, 0.3) is 0 Å². The summed E-state index contributed by atoms with van der Waals surface area (Å²) in [7, 11) is 0. The fraction of sp³-hybridized carbons (Fsp3) is 0.308. The molecule has 2 heterocycles. The molecule has 2 aromatic heterocycles. The zero-order valence-corrected chi connectivity index (χ0v) is 10.4. The van der Waals surface area contributed by atoms with E-state index in [9.17, 15) is 13.2 Å². The Bertz CT molecular complexity index is 529. The number of hydrogen-bond donors (Lipinski definition) is 1. The molecule has 0 amide bonds. The van der Waals surface area contributed by atoms with Gasteiger partial charge in [0.2, 0.25) is 0 Å². The number of pyridine rings is 1. The average Bonchev–Trinajstić information content (AvgIpc) is 2.83. The SMILES string of the molecule is CCn1cccc1CNc1ccc(C(F)(F)F)nc1. The molecule has 0 aromatic carbocycles. The lowest BCUT2D eigenvalue weighted by Gasteiger charge is -2.10. The van der Waals surface area contributed by atoms with Crippen LogP contribution in [-0.2, 0) is 19.3 Å². The van der Waals surface area contributed by atoms with Crippen LogP contribution in [0.15, 0.2) is 36.7 Å². The highest BCUT2D eigenvalue weighted by Gasteiger charge is 2.31. The zero-order valence-electron chi connectivity index (χ0n) is 10.4. The second kappa shape index (κ2) is 5.34. The molecule has 3 nitrogen and oxygen atoms in total. The van der Waals surface area contributed by atoms with E-state index in [1.54, 1.807) is 0 Å². The molecule has 1 N–H and O–H groups in total. The average molecular weight is 269 g/mol. The summed E-state index contributed by atoms with van der Waals surface area (Å²) in [6.45, 7) is 3.44. The maximum atomic E-state index is 12.3. The van der Waals surface area contributed by atoms with Gasteiger partial charge < -0.3 is 9.88 Å². The topological polar surface area (TPSA) is 29.9 Å². The number of aryl methyl sites for hydroxylation is 1. The molecule has 2 rings (SSSR count). The molecule has 2 aromatic rings. The highest BCUT2D eigenvalue weighted by molar-refractivity contribution is 5.41. The number of nitrogens with one attached hydrogen (secondary N) is 1. The minimum Gasteiger partial charge on any atom is -0.378 e. The van der Waals surface area contributed by atoms with Crippen LogP contribution >= 0.6 is 0 Å². The van der Waals surface area contributed by atoms with Crippen LogP contribution in [0.4, 0.5) is 18.9 Å². The Labute approximate surface area is 109 Å². The van der Waals surface area contributed by atoms with Gasteiger partial charge in [-0.1, -0.05) is 0 Å². The Morgan fingerprint density at radius 2 is 2.05 bits per heavy atom. The van der Waals surface area contributed by atoms with Crippen molar-refractivity contribution in [2.75, 3.05) is 5.32 Å². The van der Waals surface area contributed by atoms with Crippen molar-refractivity contribution in [2.45, 2.75) is 26.2 Å². The minimum atomic E-state index is -4.39. The third-order valence-electron chi connectivity index (χ3n) is 2.79. The quantitative estimate of drug-likeness (QED) is 0.920. The van der Waals surface area contributed by atoms with Crippen molar-refractivity contribution in [3.63, 3.8) is 0 Å². The molecular weight excluding hydrogens is 255 g/mol. The number of anilines is 1. The standard InChI is InChI=1S/C13H14F3N3/c1-2-19-7-3-4-11(19)9-17-10-5-6-12(18-8-10)13(14,15)16/h3-8,17H,2,9H2,1H3. The third kappa shape index (κ3) is 3.27. The van der Waals surface area contributed by atoms with Gasteiger partial charge in [-0.15, -0.1) is 0 Å². The fourth-order valence-electron chi connectivity index (χ4n) is 1.78. The van der Waals surface area contributed by atoms with Gasteiger partial charge in [0, 0.05) is 18.4 Å². The van der Waals surface area contributed by atoms with E-state index < -0.39 is 11.9 Å². The van der Waals surface area contributed by atoms with E-state index in [-0.39, 0.29) is 0 Å². The van der Waals surface area contributed by atoms with Crippen molar-refractivity contribution in [3.8, 4) is 0 Å². The zero-order chi connectivity index (χ0) is 13.9. The van der Waals surface area contributed by atoms with Crippen LogP contribution in [0.2, 0.25) is 0 Å². The summed E-state index contributed by atoms with van der Waals surface area (Å²) in [5.74, 6) is 0. The van der Waals surface area contributed by atoms with Crippen LogP contribution in [0, 0.1) is 0 Å². The van der Waals surface area contributed by atoms with Gasteiger partial charge in [-0.25, -0.2) is 4.98 Å². The van der Waals surface area contributed by atoms with Gasteiger partial charge in [-0.2, -0.15) is 13.2 Å². The van der Waals surface area contributed by atoms with Crippen molar-refractivity contribution in [2.24, 2.45) is 0 Å². The number of aromatic nitrogens is 2. The summed E-state index contributed by atoms with van der Waals surface area (Å²) in [6, 6.07) is 6.26. The van der Waals surface area contributed by atoms with E-state index in [1.807, 2.05) is 25.3 Å². The molecule has 0 radical (unpaired) electrons. The molecule has 0 saturated heterocycles. The number of rotatable bonds is 4. The van der Waals surface area contributed by atoms with Gasteiger partial charge in [0.15, 0.2) is 0 Å². The van der Waals surface area contributed by atoms with Gasteiger partial charge >= 0.3 is 6.18 Å². The van der Waals surface area contributed by atoms with Crippen LogP contribution in [0.25, 0.3) is 0 Å². The lowest BCUT2D eigenvalue weighted by Crippen LogP contribution is -2.09. The maximum Gasteiger partial charge on any atom is 0.433 e. The molecule has 0 bridgehead atoms. The molecular formula is C13H14F3N3. The summed E-state index contributed by atoms with van der Waals surface area (Å²) in [6.07, 6.45) is -1.24. The molecule has 0 aliphatic carbocycles. The van der Waals surface area contributed by atoms with Gasteiger partial charge in [-0.05, 0) is 31.2 Å². The predicted octanol–water partition coefficient (Wildman–Crippen LogP) is 3.53. The van der Waals surface area contributed by atoms with E-state index in [4.69, 9.17) is 0 Å². The monoisotopic (exact) mass is 269 g/mol. The summed E-state index contributed by atoms with van der Waals surface area (Å²) < 4.78 is 39.1. The summed E-state index contributed by atoms with van der Waals surface area (Å²) >= 11 is 0. The Morgan fingerprint density at radius 1 is 1.26 bits per heavy atom. The van der Waals surface area contributed by atoms with Crippen LogP contribution in [0.3, 0.4) is 0 Å². The molecule has 0 unspecified atom stereocenters. The number of nitrogens with zero attached hydrogens (tertiary/aromatic N) is 2.